The molecule has 0 spiro atoms. The normalized spacial score (nSPS) is 12.4. The van der Waals surface area contributed by atoms with Gasteiger partial charge in [-0.1, -0.05) is 159 Å². The van der Waals surface area contributed by atoms with Gasteiger partial charge < -0.3 is 9.80 Å². The molecule has 8 rings (SSSR count). The molecule has 0 heterocycles. The van der Waals surface area contributed by atoms with Crippen molar-refractivity contribution in [2.75, 3.05) is 9.80 Å². The Morgan fingerprint density at radius 3 is 1.48 bits per heavy atom. The van der Waals surface area contributed by atoms with Crippen LogP contribution in [0.5, 0.6) is 0 Å². The van der Waals surface area contributed by atoms with Crippen LogP contribution in [0.25, 0.3) is 33.4 Å². The summed E-state index contributed by atoms with van der Waals surface area (Å²) < 4.78 is 0. The standard InChI is InChI=1S/C54H44N2/c1-3-4-17-41(2)45-20-15-28-53(39-45)55(49-24-10-6-11-25-49)51-34-30-43(31-35-51)46-21-14-22-47(38-46)44-32-36-52(37-33-44)56(50-26-12-7-13-27-50)54-29-16-23-48(40-54)42-18-8-5-9-19-42/h3-14,16-19,21-40H,1-2,15,20H2/b17-4-. The van der Waals surface area contributed by atoms with Crippen molar-refractivity contribution in [2.24, 2.45) is 0 Å². The predicted octanol–water partition coefficient (Wildman–Crippen LogP) is 15.2. The second kappa shape index (κ2) is 16.9. The number of para-hydroxylation sites is 2. The van der Waals surface area contributed by atoms with E-state index in [1.807, 2.05) is 12.2 Å². The van der Waals surface area contributed by atoms with Crippen molar-refractivity contribution in [1.82, 2.24) is 0 Å². The molecule has 0 atom stereocenters. The first-order valence-corrected chi connectivity index (χ1v) is 19.2. The number of benzene rings is 7. The molecule has 2 heteroatoms. The fourth-order valence-corrected chi connectivity index (χ4v) is 7.37. The van der Waals surface area contributed by atoms with Gasteiger partial charge in [-0.15, -0.1) is 0 Å². The summed E-state index contributed by atoms with van der Waals surface area (Å²) in [7, 11) is 0. The molecule has 2 nitrogen and oxygen atoms in total. The molecular weight excluding hydrogens is 677 g/mol. The molecule has 1 aliphatic rings. The zero-order valence-corrected chi connectivity index (χ0v) is 31.5. The lowest BCUT2D eigenvalue weighted by atomic mass is 9.95. The van der Waals surface area contributed by atoms with Gasteiger partial charge in [-0.25, -0.2) is 0 Å². The van der Waals surface area contributed by atoms with Crippen LogP contribution in [0.2, 0.25) is 0 Å². The van der Waals surface area contributed by atoms with E-state index >= 15 is 0 Å². The lowest BCUT2D eigenvalue weighted by molar-refractivity contribution is 0.948. The highest BCUT2D eigenvalue weighted by molar-refractivity contribution is 5.82. The smallest absolute Gasteiger partial charge is 0.0467 e. The summed E-state index contributed by atoms with van der Waals surface area (Å²) in [4.78, 5) is 4.66. The second-order valence-corrected chi connectivity index (χ2v) is 13.9. The first-order chi connectivity index (χ1) is 27.6. The molecule has 0 radical (unpaired) electrons. The molecule has 0 aromatic heterocycles. The van der Waals surface area contributed by atoms with Crippen molar-refractivity contribution in [3.63, 3.8) is 0 Å². The van der Waals surface area contributed by atoms with Crippen LogP contribution in [0.1, 0.15) is 12.8 Å². The predicted molar refractivity (Wildman–Crippen MR) is 240 cm³/mol. The largest absolute Gasteiger partial charge is 0.311 e. The minimum Gasteiger partial charge on any atom is -0.311 e. The Morgan fingerprint density at radius 2 is 0.893 bits per heavy atom. The lowest BCUT2D eigenvalue weighted by Crippen LogP contribution is -2.17. The Bertz CT molecular complexity index is 2530. The van der Waals surface area contributed by atoms with Crippen molar-refractivity contribution in [3.8, 4) is 33.4 Å². The Morgan fingerprint density at radius 1 is 0.446 bits per heavy atom. The minimum absolute atomic E-state index is 0.961. The van der Waals surface area contributed by atoms with Crippen molar-refractivity contribution >= 4 is 28.4 Å². The molecule has 0 saturated heterocycles. The molecule has 56 heavy (non-hydrogen) atoms. The van der Waals surface area contributed by atoms with Gasteiger partial charge in [0.05, 0.1) is 0 Å². The summed E-state index contributed by atoms with van der Waals surface area (Å²) in [5.74, 6) is 0. The summed E-state index contributed by atoms with van der Waals surface area (Å²) in [6.45, 7) is 8.15. The van der Waals surface area contributed by atoms with E-state index in [0.29, 0.717) is 0 Å². The van der Waals surface area contributed by atoms with Crippen molar-refractivity contribution in [2.45, 2.75) is 12.8 Å². The summed E-state index contributed by atoms with van der Waals surface area (Å²) >= 11 is 0. The maximum Gasteiger partial charge on any atom is 0.0467 e. The highest BCUT2D eigenvalue weighted by Crippen LogP contribution is 2.39. The summed E-state index contributed by atoms with van der Waals surface area (Å²) in [6.07, 6.45) is 12.3. The molecule has 0 aliphatic heterocycles. The van der Waals surface area contributed by atoms with Crippen LogP contribution in [0.3, 0.4) is 0 Å². The van der Waals surface area contributed by atoms with Crippen LogP contribution in [0, 0.1) is 0 Å². The van der Waals surface area contributed by atoms with E-state index in [2.05, 4.69) is 223 Å². The fraction of sp³-hybridized carbons (Fsp3) is 0.0370. The Kier molecular flexibility index (Phi) is 10.8. The average molecular weight is 721 g/mol. The minimum atomic E-state index is 0.961. The van der Waals surface area contributed by atoms with Crippen LogP contribution < -0.4 is 9.80 Å². The third-order valence-corrected chi connectivity index (χ3v) is 10.2. The number of anilines is 5. The third kappa shape index (κ3) is 8.01. The number of allylic oxidation sites excluding steroid dienone is 7. The highest BCUT2D eigenvalue weighted by atomic mass is 15.1. The van der Waals surface area contributed by atoms with Gasteiger partial charge in [-0.2, -0.15) is 0 Å². The number of hydrogen-bond donors (Lipinski definition) is 0. The molecule has 7 aromatic rings. The van der Waals surface area contributed by atoms with Crippen LogP contribution in [-0.2, 0) is 0 Å². The number of nitrogens with zero attached hydrogens (tertiary/aromatic N) is 2. The Hall–Kier alpha value is -7.16. The molecule has 0 saturated carbocycles. The van der Waals surface area contributed by atoms with Gasteiger partial charge in [-0.05, 0) is 130 Å². The highest BCUT2D eigenvalue weighted by Gasteiger charge is 2.18. The molecule has 1 aliphatic carbocycles. The molecule has 7 aromatic carbocycles. The van der Waals surface area contributed by atoms with Gasteiger partial charge in [0.15, 0.2) is 0 Å². The lowest BCUT2D eigenvalue weighted by Gasteiger charge is -2.29. The zero-order valence-electron chi connectivity index (χ0n) is 31.5. The topological polar surface area (TPSA) is 6.48 Å². The number of hydrogen-bond acceptors (Lipinski definition) is 2. The van der Waals surface area contributed by atoms with E-state index in [0.717, 1.165) is 52.5 Å². The van der Waals surface area contributed by atoms with Gasteiger partial charge in [0, 0.05) is 34.1 Å². The molecule has 0 amide bonds. The van der Waals surface area contributed by atoms with E-state index in [9.17, 15) is 0 Å². The van der Waals surface area contributed by atoms with Crippen molar-refractivity contribution in [3.05, 3.63) is 248 Å². The maximum atomic E-state index is 4.33. The summed E-state index contributed by atoms with van der Waals surface area (Å²) in [5.41, 5.74) is 16.1. The monoisotopic (exact) mass is 720 g/mol. The van der Waals surface area contributed by atoms with E-state index in [1.165, 1.54) is 39.0 Å². The van der Waals surface area contributed by atoms with Crippen LogP contribution >= 0.6 is 0 Å². The van der Waals surface area contributed by atoms with Gasteiger partial charge in [0.1, 0.15) is 0 Å². The van der Waals surface area contributed by atoms with Gasteiger partial charge in [-0.3, -0.25) is 0 Å². The SMILES string of the molecule is C=C/C=C\C(=C)C1=CC(N(c2ccccc2)c2ccc(-c3cccc(-c4ccc(N(c5ccccc5)c5cccc(-c6ccccc6)c5)cc4)c3)cc2)=CCC1. The summed E-state index contributed by atoms with van der Waals surface area (Å²) in [5, 5.41) is 0. The molecule has 0 unspecified atom stereocenters. The first-order valence-electron chi connectivity index (χ1n) is 19.2. The molecule has 0 N–H and O–H groups in total. The first kappa shape index (κ1) is 35.8. The van der Waals surface area contributed by atoms with Gasteiger partial charge in [0.2, 0.25) is 0 Å². The molecule has 0 bridgehead atoms. The van der Waals surface area contributed by atoms with Gasteiger partial charge in [0.25, 0.3) is 0 Å². The van der Waals surface area contributed by atoms with Gasteiger partial charge >= 0.3 is 0 Å². The maximum absolute atomic E-state index is 4.33. The Balaban J connectivity index is 1.07. The molecule has 0 fully saturated rings. The van der Waals surface area contributed by atoms with Crippen molar-refractivity contribution < 1.29 is 0 Å². The third-order valence-electron chi connectivity index (χ3n) is 10.2. The van der Waals surface area contributed by atoms with E-state index in [1.54, 1.807) is 6.08 Å². The summed E-state index contributed by atoms with van der Waals surface area (Å²) in [6, 6.07) is 67.1. The Labute approximate surface area is 331 Å². The van der Waals surface area contributed by atoms with Crippen molar-refractivity contribution in [1.29, 1.82) is 0 Å². The molecular formula is C54H44N2. The van der Waals surface area contributed by atoms with E-state index in [4.69, 9.17) is 0 Å². The fourth-order valence-electron chi connectivity index (χ4n) is 7.37. The quantitative estimate of drug-likeness (QED) is 0.116. The average Bonchev–Trinajstić information content (AvgIpc) is 3.27. The van der Waals surface area contributed by atoms with E-state index < -0.39 is 0 Å². The van der Waals surface area contributed by atoms with Crippen LogP contribution in [0.4, 0.5) is 28.4 Å². The van der Waals surface area contributed by atoms with Crippen LogP contribution in [-0.4, -0.2) is 0 Å². The number of rotatable bonds is 12. The van der Waals surface area contributed by atoms with E-state index in [-0.39, 0.29) is 0 Å². The molecule has 270 valence electrons. The van der Waals surface area contributed by atoms with Crippen LogP contribution in [0.15, 0.2) is 248 Å². The zero-order chi connectivity index (χ0) is 38.1. The second-order valence-electron chi connectivity index (χ2n) is 13.9.